The SMILES string of the molecule is CCC[O-].CC[O-].[Bi+3].[Ti+4]. The molecular formula is C5H12BiO2Ti+5. The van der Waals surface area contributed by atoms with Crippen LogP contribution in [0, 0.1) is 0 Å². The molecule has 0 spiro atoms. The summed E-state index contributed by atoms with van der Waals surface area (Å²) in [6, 6.07) is 0. The summed E-state index contributed by atoms with van der Waals surface area (Å²) in [6.07, 6.45) is 0.764. The molecule has 0 aromatic heterocycles. The second-order valence-electron chi connectivity index (χ2n) is 0.993. The standard InChI is InChI=1S/C3H7O.C2H5O.Bi.Ti/c1-2-3-4;1-2-3;;/h2-3H2,1H3;2H2,1H3;;/q2*-1;+3;+4. The van der Waals surface area contributed by atoms with Gasteiger partial charge in [-0.15, -0.1) is 13.2 Å². The Hall–Kier alpha value is 1.52. The molecule has 0 saturated carbocycles. The molecule has 0 aliphatic carbocycles. The topological polar surface area (TPSA) is 46.1 Å². The van der Waals surface area contributed by atoms with Crippen LogP contribution in [0.5, 0.6) is 0 Å². The van der Waals surface area contributed by atoms with Gasteiger partial charge in [-0.2, -0.15) is 0 Å². The molecule has 2 radical (unpaired) electrons. The smallest absolute Gasteiger partial charge is 0.855 e. The average Bonchev–Trinajstić information content (AvgIpc) is 1.69. The van der Waals surface area contributed by atoms with Gasteiger partial charge in [0.1, 0.15) is 0 Å². The van der Waals surface area contributed by atoms with E-state index in [9.17, 15) is 5.11 Å². The maximum Gasteiger partial charge on any atom is 4.00 e. The van der Waals surface area contributed by atoms with E-state index in [2.05, 4.69) is 0 Å². The third-order valence-electron chi connectivity index (χ3n) is 0.204. The Bertz CT molecular complexity index is 22.4. The van der Waals surface area contributed by atoms with Gasteiger partial charge in [0, 0.05) is 0 Å². The summed E-state index contributed by atoms with van der Waals surface area (Å²) in [5.41, 5.74) is 0. The summed E-state index contributed by atoms with van der Waals surface area (Å²) in [7, 11) is 0. The summed E-state index contributed by atoms with van der Waals surface area (Å²) < 4.78 is 0. The fourth-order valence-electron chi connectivity index (χ4n) is 0. The van der Waals surface area contributed by atoms with E-state index in [0.29, 0.717) is 0 Å². The molecule has 0 N–H and O–H groups in total. The van der Waals surface area contributed by atoms with Crippen LogP contribution in [0.1, 0.15) is 20.3 Å². The van der Waals surface area contributed by atoms with Crippen LogP contribution in [-0.2, 0) is 21.7 Å². The van der Waals surface area contributed by atoms with Gasteiger partial charge in [0.15, 0.2) is 0 Å². The van der Waals surface area contributed by atoms with E-state index in [1.54, 1.807) is 6.92 Å². The zero-order valence-corrected chi connectivity index (χ0v) is 10.9. The van der Waals surface area contributed by atoms with Crippen molar-refractivity contribution in [2.45, 2.75) is 20.3 Å². The number of rotatable bonds is 1. The Morgan fingerprint density at radius 3 is 1.22 bits per heavy atom. The normalized spacial score (nSPS) is 5.33. The maximum absolute atomic E-state index is 9.30. The molecule has 0 unspecified atom stereocenters. The first-order chi connectivity index (χ1) is 3.33. The van der Waals surface area contributed by atoms with Crippen LogP contribution >= 0.6 is 0 Å². The Morgan fingerprint density at radius 1 is 1.11 bits per heavy atom. The second-order valence-corrected chi connectivity index (χ2v) is 0.993. The van der Waals surface area contributed by atoms with Gasteiger partial charge < -0.3 is 10.2 Å². The van der Waals surface area contributed by atoms with Crippen molar-refractivity contribution >= 4 is 26.2 Å². The zero-order valence-electron chi connectivity index (χ0n) is 5.89. The quantitative estimate of drug-likeness (QED) is 0.548. The molecule has 0 heterocycles. The van der Waals surface area contributed by atoms with Crippen LogP contribution in [0.4, 0.5) is 0 Å². The molecule has 0 aromatic carbocycles. The van der Waals surface area contributed by atoms with E-state index in [1.807, 2.05) is 6.92 Å². The van der Waals surface area contributed by atoms with Crippen molar-refractivity contribution in [1.29, 1.82) is 0 Å². The van der Waals surface area contributed by atoms with Crippen molar-refractivity contribution in [2.24, 2.45) is 0 Å². The van der Waals surface area contributed by atoms with Gasteiger partial charge in [-0.05, 0) is 0 Å². The zero-order chi connectivity index (χ0) is 6.12. The van der Waals surface area contributed by atoms with E-state index in [0.717, 1.165) is 6.42 Å². The van der Waals surface area contributed by atoms with Crippen LogP contribution in [0.2, 0.25) is 0 Å². The first kappa shape index (κ1) is 22.4. The molecule has 0 amide bonds. The molecule has 2 nitrogen and oxygen atoms in total. The second kappa shape index (κ2) is 33.8. The largest absolute Gasteiger partial charge is 4.00 e. The van der Waals surface area contributed by atoms with Crippen LogP contribution in [0.15, 0.2) is 0 Å². The predicted molar refractivity (Wildman–Crippen MR) is 31.5 cm³/mol. The van der Waals surface area contributed by atoms with Crippen LogP contribution in [0.3, 0.4) is 0 Å². The first-order valence-corrected chi connectivity index (χ1v) is 2.49. The summed E-state index contributed by atoms with van der Waals surface area (Å²) in [5.74, 6) is 0. The van der Waals surface area contributed by atoms with Gasteiger partial charge in [0.25, 0.3) is 0 Å². The summed E-state index contributed by atoms with van der Waals surface area (Å²) in [4.78, 5) is 0. The minimum atomic E-state index is 0. The van der Waals surface area contributed by atoms with Crippen LogP contribution in [-0.4, -0.2) is 39.4 Å². The van der Waals surface area contributed by atoms with E-state index < -0.39 is 0 Å². The first-order valence-electron chi connectivity index (χ1n) is 2.49. The molecule has 0 aliphatic heterocycles. The van der Waals surface area contributed by atoms with E-state index in [-0.39, 0.29) is 61.1 Å². The van der Waals surface area contributed by atoms with E-state index in [4.69, 9.17) is 5.11 Å². The van der Waals surface area contributed by atoms with Crippen molar-refractivity contribution < 1.29 is 31.9 Å². The number of hydrogen-bond acceptors (Lipinski definition) is 2. The van der Waals surface area contributed by atoms with Gasteiger partial charge in [-0.1, -0.05) is 20.3 Å². The molecular weight excluding hydrogens is 349 g/mol. The third-order valence-corrected chi connectivity index (χ3v) is 0.204. The molecule has 9 heavy (non-hydrogen) atoms. The maximum atomic E-state index is 9.30. The van der Waals surface area contributed by atoms with Crippen molar-refractivity contribution in [3.63, 3.8) is 0 Å². The van der Waals surface area contributed by atoms with Gasteiger partial charge in [0.05, 0.1) is 0 Å². The summed E-state index contributed by atoms with van der Waals surface area (Å²) in [6.45, 7) is 3.51. The Balaban J connectivity index is -0.0000000233. The van der Waals surface area contributed by atoms with Crippen molar-refractivity contribution in [3.05, 3.63) is 0 Å². The Labute approximate surface area is 91.0 Å². The molecule has 0 fully saturated rings. The van der Waals surface area contributed by atoms with Gasteiger partial charge >= 0.3 is 47.9 Å². The molecule has 0 rings (SSSR count). The Morgan fingerprint density at radius 2 is 1.22 bits per heavy atom. The average molecular weight is 361 g/mol. The predicted octanol–water partition coefficient (Wildman–Crippen LogP) is -1.26. The molecule has 4 heteroatoms. The van der Waals surface area contributed by atoms with Gasteiger partial charge in [0.2, 0.25) is 0 Å². The fraction of sp³-hybridized carbons (Fsp3) is 1.00. The van der Waals surface area contributed by atoms with Gasteiger partial charge in [-0.25, -0.2) is 0 Å². The summed E-state index contributed by atoms with van der Waals surface area (Å²) in [5, 5.41) is 18.2. The molecule has 0 saturated heterocycles. The van der Waals surface area contributed by atoms with Crippen molar-refractivity contribution in [3.8, 4) is 0 Å². The minimum absolute atomic E-state index is 0. The monoisotopic (exact) mass is 361 g/mol. The molecule has 0 aliphatic rings. The molecule has 0 aromatic rings. The van der Waals surface area contributed by atoms with Crippen LogP contribution < -0.4 is 10.2 Å². The number of hydrogen-bond donors (Lipinski definition) is 0. The van der Waals surface area contributed by atoms with Gasteiger partial charge in [-0.3, -0.25) is 0 Å². The van der Waals surface area contributed by atoms with Crippen molar-refractivity contribution in [1.82, 2.24) is 0 Å². The van der Waals surface area contributed by atoms with E-state index in [1.165, 1.54) is 0 Å². The minimum Gasteiger partial charge on any atom is -0.855 e. The van der Waals surface area contributed by atoms with E-state index >= 15 is 0 Å². The molecule has 48 valence electrons. The molecule has 0 bridgehead atoms. The molecule has 0 atom stereocenters. The Kier molecular flexibility index (Phi) is 84.3. The summed E-state index contributed by atoms with van der Waals surface area (Å²) >= 11 is 0. The fourth-order valence-corrected chi connectivity index (χ4v) is 0. The third kappa shape index (κ3) is 84.9. The van der Waals surface area contributed by atoms with Crippen molar-refractivity contribution in [2.75, 3.05) is 13.2 Å². The van der Waals surface area contributed by atoms with Crippen LogP contribution in [0.25, 0.3) is 0 Å².